The van der Waals surface area contributed by atoms with Gasteiger partial charge in [-0.25, -0.2) is 4.58 Å². The molecule has 1 aliphatic heterocycles. The van der Waals surface area contributed by atoms with Crippen LogP contribution in [0.4, 0.5) is 0 Å². The average Bonchev–Trinajstić information content (AvgIpc) is 2.84. The van der Waals surface area contributed by atoms with Gasteiger partial charge >= 0.3 is 0 Å². The van der Waals surface area contributed by atoms with Crippen molar-refractivity contribution in [2.24, 2.45) is 0 Å². The molecule has 0 amide bonds. The Morgan fingerprint density at radius 1 is 1.11 bits per heavy atom. The van der Waals surface area contributed by atoms with Crippen LogP contribution in [0.1, 0.15) is 31.6 Å². The quantitative estimate of drug-likeness (QED) is 0.740. The van der Waals surface area contributed by atoms with Crippen LogP contribution in [-0.4, -0.2) is 13.1 Å². The summed E-state index contributed by atoms with van der Waals surface area (Å²) in [6.45, 7) is 6.45. The van der Waals surface area contributed by atoms with Crippen LogP contribution in [0, 0.1) is 0 Å². The van der Waals surface area contributed by atoms with Crippen LogP contribution in [-0.2, 0) is 12.8 Å². The first kappa shape index (κ1) is 11.5. The van der Waals surface area contributed by atoms with Crippen molar-refractivity contribution in [1.29, 1.82) is 0 Å². The molecule has 2 aliphatic carbocycles. The van der Waals surface area contributed by atoms with Crippen molar-refractivity contribution in [3.05, 3.63) is 40.9 Å². The van der Waals surface area contributed by atoms with Gasteiger partial charge in [0.2, 0.25) is 5.36 Å². The van der Waals surface area contributed by atoms with E-state index in [-0.39, 0.29) is 0 Å². The predicted octanol–water partition coefficient (Wildman–Crippen LogP) is 2.69. The lowest BCUT2D eigenvalue weighted by Gasteiger charge is -2.07. The molecule has 0 radical (unpaired) electrons. The first-order valence-electron chi connectivity index (χ1n) is 6.95. The van der Waals surface area contributed by atoms with E-state index in [4.69, 9.17) is 4.42 Å². The molecule has 0 fully saturated rings. The molecule has 0 bridgehead atoms. The van der Waals surface area contributed by atoms with E-state index in [1.54, 1.807) is 0 Å². The lowest BCUT2D eigenvalue weighted by atomic mass is 10.1. The van der Waals surface area contributed by atoms with Gasteiger partial charge in [-0.15, -0.1) is 0 Å². The summed E-state index contributed by atoms with van der Waals surface area (Å²) >= 11 is 0. The molecular formula is C16H20NO+. The topological polar surface area (TPSA) is 16.1 Å². The number of hydrogen-bond acceptors (Lipinski definition) is 1. The minimum atomic E-state index is 1.03. The standard InChI is InChI=1S/C16H20NO/c1-3-17(4-2)14-9-8-13-10-12-6-5-7-15(12)18-16(13)11-14/h8-11H,3-7H2,1-2H3/q+1. The Labute approximate surface area is 108 Å². The fourth-order valence-electron chi connectivity index (χ4n) is 2.85. The van der Waals surface area contributed by atoms with Crippen LogP contribution in [0.15, 0.2) is 28.7 Å². The van der Waals surface area contributed by atoms with E-state index in [9.17, 15) is 0 Å². The number of benzene rings is 1. The van der Waals surface area contributed by atoms with Crippen molar-refractivity contribution in [3.63, 3.8) is 0 Å². The second-order valence-electron chi connectivity index (χ2n) is 4.94. The highest BCUT2D eigenvalue weighted by Crippen LogP contribution is 2.30. The zero-order valence-electron chi connectivity index (χ0n) is 11.2. The number of nitrogens with zero attached hydrogens (tertiary/aromatic N) is 1. The van der Waals surface area contributed by atoms with Gasteiger partial charge in [-0.3, -0.25) is 0 Å². The fraction of sp³-hybridized carbons (Fsp3) is 0.438. The SMILES string of the molecule is CC[N+](CC)=c1ccc2cc3c(oc-2c1)CCC3. The summed E-state index contributed by atoms with van der Waals surface area (Å²) in [5, 5.41) is 1.26. The summed E-state index contributed by atoms with van der Waals surface area (Å²) in [5.41, 5.74) is 2.63. The molecule has 0 saturated heterocycles. The third-order valence-electron chi connectivity index (χ3n) is 3.90. The molecule has 3 rings (SSSR count). The van der Waals surface area contributed by atoms with Gasteiger partial charge in [-0.05, 0) is 44.4 Å². The van der Waals surface area contributed by atoms with E-state index in [2.05, 4.69) is 42.7 Å². The molecule has 0 atom stereocenters. The molecule has 0 aromatic heterocycles. The molecule has 0 aromatic rings. The summed E-state index contributed by atoms with van der Waals surface area (Å²) in [6.07, 6.45) is 3.51. The number of aryl methyl sites for hydroxylation is 2. The molecule has 0 aromatic carbocycles. The van der Waals surface area contributed by atoms with Gasteiger partial charge in [0.15, 0.2) is 0 Å². The summed E-state index contributed by atoms with van der Waals surface area (Å²) in [4.78, 5) is 0. The Kier molecular flexibility index (Phi) is 2.94. The Morgan fingerprint density at radius 2 is 1.94 bits per heavy atom. The molecule has 2 nitrogen and oxygen atoms in total. The van der Waals surface area contributed by atoms with E-state index in [1.807, 2.05) is 0 Å². The average molecular weight is 242 g/mol. The Balaban J connectivity index is 2.22. The second kappa shape index (κ2) is 4.60. The van der Waals surface area contributed by atoms with Crippen molar-refractivity contribution in [1.82, 2.24) is 4.58 Å². The van der Waals surface area contributed by atoms with E-state index in [1.165, 1.54) is 35.1 Å². The molecule has 94 valence electrons. The first-order valence-corrected chi connectivity index (χ1v) is 6.95. The van der Waals surface area contributed by atoms with E-state index in [0.717, 1.165) is 25.3 Å². The minimum absolute atomic E-state index is 1.03. The molecule has 0 N–H and O–H groups in total. The molecule has 1 heterocycles. The number of fused-ring (bicyclic) bond motifs is 2. The van der Waals surface area contributed by atoms with Gasteiger partial charge in [-0.1, -0.05) is 0 Å². The van der Waals surface area contributed by atoms with E-state index in [0.29, 0.717) is 0 Å². The van der Waals surface area contributed by atoms with Crippen LogP contribution in [0.2, 0.25) is 0 Å². The summed E-state index contributed by atoms with van der Waals surface area (Å²) in [6, 6.07) is 8.87. The number of rotatable bonds is 2. The predicted molar refractivity (Wildman–Crippen MR) is 73.7 cm³/mol. The van der Waals surface area contributed by atoms with Gasteiger partial charge in [0, 0.05) is 18.1 Å². The van der Waals surface area contributed by atoms with Crippen LogP contribution >= 0.6 is 0 Å². The lowest BCUT2D eigenvalue weighted by molar-refractivity contribution is 0.511. The molecule has 2 heteroatoms. The zero-order chi connectivity index (χ0) is 12.5. The zero-order valence-corrected chi connectivity index (χ0v) is 11.2. The van der Waals surface area contributed by atoms with Crippen LogP contribution in [0.25, 0.3) is 11.3 Å². The van der Waals surface area contributed by atoms with E-state index < -0.39 is 0 Å². The van der Waals surface area contributed by atoms with Crippen molar-refractivity contribution in [2.45, 2.75) is 33.1 Å². The smallest absolute Gasteiger partial charge is 0.203 e. The normalized spacial score (nSPS) is 13.9. The van der Waals surface area contributed by atoms with Gasteiger partial charge in [0.25, 0.3) is 0 Å². The molecule has 0 saturated carbocycles. The van der Waals surface area contributed by atoms with Crippen molar-refractivity contribution >= 4 is 0 Å². The summed E-state index contributed by atoms with van der Waals surface area (Å²) in [7, 11) is 0. The van der Waals surface area contributed by atoms with E-state index >= 15 is 0 Å². The van der Waals surface area contributed by atoms with Gasteiger partial charge in [0.05, 0.1) is 6.07 Å². The maximum Gasteiger partial charge on any atom is 0.203 e. The third-order valence-corrected chi connectivity index (χ3v) is 3.90. The summed E-state index contributed by atoms with van der Waals surface area (Å²) in [5.74, 6) is 2.22. The maximum absolute atomic E-state index is 6.06. The second-order valence-corrected chi connectivity index (χ2v) is 4.94. The Bertz CT molecular complexity index is 603. The summed E-state index contributed by atoms with van der Waals surface area (Å²) < 4.78 is 8.41. The monoisotopic (exact) mass is 242 g/mol. The first-order chi connectivity index (χ1) is 8.81. The van der Waals surface area contributed by atoms with Crippen LogP contribution < -0.4 is 9.93 Å². The molecular weight excluding hydrogens is 222 g/mol. The van der Waals surface area contributed by atoms with Crippen molar-refractivity contribution < 1.29 is 4.42 Å². The van der Waals surface area contributed by atoms with Gasteiger partial charge < -0.3 is 4.42 Å². The van der Waals surface area contributed by atoms with Crippen molar-refractivity contribution in [2.75, 3.05) is 13.1 Å². The van der Waals surface area contributed by atoms with Crippen LogP contribution in [0.5, 0.6) is 0 Å². The minimum Gasteiger partial charge on any atom is -0.461 e. The molecule has 18 heavy (non-hydrogen) atoms. The van der Waals surface area contributed by atoms with Crippen molar-refractivity contribution in [3.8, 4) is 11.3 Å². The third kappa shape index (κ3) is 1.86. The Morgan fingerprint density at radius 3 is 2.72 bits per heavy atom. The lowest BCUT2D eigenvalue weighted by Crippen LogP contribution is -2.29. The molecule has 0 spiro atoms. The molecule has 0 unspecified atom stereocenters. The Hall–Kier alpha value is -1.57. The number of hydrogen-bond donors (Lipinski definition) is 0. The fourth-order valence-corrected chi connectivity index (χ4v) is 2.85. The van der Waals surface area contributed by atoms with Gasteiger partial charge in [0.1, 0.15) is 24.6 Å². The highest BCUT2D eigenvalue weighted by atomic mass is 16.3. The van der Waals surface area contributed by atoms with Gasteiger partial charge in [-0.2, -0.15) is 0 Å². The maximum atomic E-state index is 6.06. The largest absolute Gasteiger partial charge is 0.461 e. The highest BCUT2D eigenvalue weighted by Gasteiger charge is 2.17. The molecule has 3 aliphatic rings. The van der Waals surface area contributed by atoms with Crippen LogP contribution in [0.3, 0.4) is 0 Å². The highest BCUT2D eigenvalue weighted by molar-refractivity contribution is 5.60.